The van der Waals surface area contributed by atoms with Crippen LogP contribution in [0.1, 0.15) is 32.1 Å². The predicted octanol–water partition coefficient (Wildman–Crippen LogP) is 2.40. The Labute approximate surface area is 132 Å². The van der Waals surface area contributed by atoms with Gasteiger partial charge in [-0.1, -0.05) is 19.9 Å². The molecule has 0 bridgehead atoms. The Morgan fingerprint density at radius 3 is 2.55 bits per heavy atom. The van der Waals surface area contributed by atoms with Crippen molar-refractivity contribution in [2.24, 2.45) is 11.7 Å². The molecule has 0 radical (unpaired) electrons. The molecule has 0 amide bonds. The molecule has 3 N–H and O–H groups in total. The van der Waals surface area contributed by atoms with E-state index in [2.05, 4.69) is 18.6 Å². The highest BCUT2D eigenvalue weighted by Gasteiger charge is 2.29. The molecule has 0 aromatic carbocycles. The summed E-state index contributed by atoms with van der Waals surface area (Å²) in [6, 6.07) is 3.89. The van der Waals surface area contributed by atoms with E-state index >= 15 is 0 Å². The highest BCUT2D eigenvalue weighted by molar-refractivity contribution is 7.89. The standard InChI is InChI=1S/C13H24N2O2S2.ClH/c1-11(2)9-13(3,10-14)15-19(16,17)8-6-12-5-4-7-18-12;/h4-5,7,11,15H,6,8-10,14H2,1-3H3;1H. The van der Waals surface area contributed by atoms with Crippen molar-refractivity contribution in [3.05, 3.63) is 22.4 Å². The first kappa shape index (κ1) is 19.9. The summed E-state index contributed by atoms with van der Waals surface area (Å²) in [6.07, 6.45) is 1.29. The van der Waals surface area contributed by atoms with Crippen LogP contribution in [0.3, 0.4) is 0 Å². The highest BCUT2D eigenvalue weighted by atomic mass is 35.5. The fourth-order valence-corrected chi connectivity index (χ4v) is 4.53. The summed E-state index contributed by atoms with van der Waals surface area (Å²) in [7, 11) is -3.30. The molecule has 1 rings (SSSR count). The summed E-state index contributed by atoms with van der Waals surface area (Å²) in [4.78, 5) is 1.09. The molecule has 0 saturated heterocycles. The van der Waals surface area contributed by atoms with E-state index in [-0.39, 0.29) is 18.2 Å². The Morgan fingerprint density at radius 1 is 1.45 bits per heavy atom. The largest absolute Gasteiger partial charge is 0.329 e. The van der Waals surface area contributed by atoms with Gasteiger partial charge in [-0.05, 0) is 37.1 Å². The molecule has 1 aromatic heterocycles. The number of rotatable bonds is 8. The van der Waals surface area contributed by atoms with Gasteiger partial charge in [0.2, 0.25) is 10.0 Å². The highest BCUT2D eigenvalue weighted by Crippen LogP contribution is 2.17. The minimum atomic E-state index is -3.30. The number of hydrogen-bond donors (Lipinski definition) is 2. The summed E-state index contributed by atoms with van der Waals surface area (Å²) < 4.78 is 27.0. The van der Waals surface area contributed by atoms with Crippen molar-refractivity contribution in [1.82, 2.24) is 4.72 Å². The van der Waals surface area contributed by atoms with Crippen LogP contribution in [0.15, 0.2) is 17.5 Å². The van der Waals surface area contributed by atoms with Crippen LogP contribution in [0.2, 0.25) is 0 Å². The molecule has 0 aliphatic rings. The quantitative estimate of drug-likeness (QED) is 0.763. The second-order valence-electron chi connectivity index (χ2n) is 5.61. The van der Waals surface area contributed by atoms with E-state index in [0.29, 0.717) is 18.9 Å². The van der Waals surface area contributed by atoms with E-state index in [9.17, 15) is 8.42 Å². The number of nitrogens with one attached hydrogen (secondary N) is 1. The molecular weight excluding hydrogens is 316 g/mol. The summed E-state index contributed by atoms with van der Waals surface area (Å²) in [5.41, 5.74) is 5.18. The van der Waals surface area contributed by atoms with Crippen molar-refractivity contribution < 1.29 is 8.42 Å². The first-order valence-electron chi connectivity index (χ1n) is 6.50. The number of halogens is 1. The van der Waals surface area contributed by atoms with Crippen LogP contribution in [0, 0.1) is 5.92 Å². The molecule has 0 spiro atoms. The van der Waals surface area contributed by atoms with Gasteiger partial charge in [-0.15, -0.1) is 23.7 Å². The smallest absolute Gasteiger partial charge is 0.212 e. The monoisotopic (exact) mass is 340 g/mol. The maximum absolute atomic E-state index is 12.1. The molecule has 1 heterocycles. The van der Waals surface area contributed by atoms with E-state index in [1.807, 2.05) is 24.4 Å². The fourth-order valence-electron chi connectivity index (χ4n) is 2.18. The summed E-state index contributed by atoms with van der Waals surface area (Å²) in [5, 5.41) is 1.96. The van der Waals surface area contributed by atoms with Crippen LogP contribution >= 0.6 is 23.7 Å². The van der Waals surface area contributed by atoms with Crippen molar-refractivity contribution in [1.29, 1.82) is 0 Å². The molecule has 0 aliphatic heterocycles. The molecule has 20 heavy (non-hydrogen) atoms. The van der Waals surface area contributed by atoms with Gasteiger partial charge in [0.05, 0.1) is 5.75 Å². The predicted molar refractivity (Wildman–Crippen MR) is 89.1 cm³/mol. The third kappa shape index (κ3) is 7.04. The van der Waals surface area contributed by atoms with Crippen molar-refractivity contribution in [3.63, 3.8) is 0 Å². The zero-order valence-corrected chi connectivity index (χ0v) is 14.7. The maximum atomic E-state index is 12.1. The summed E-state index contributed by atoms with van der Waals surface area (Å²) in [5.74, 6) is 0.509. The first-order valence-corrected chi connectivity index (χ1v) is 9.04. The van der Waals surface area contributed by atoms with Crippen molar-refractivity contribution in [3.8, 4) is 0 Å². The molecule has 118 valence electrons. The third-order valence-electron chi connectivity index (χ3n) is 2.91. The van der Waals surface area contributed by atoms with Crippen LogP contribution in [0.5, 0.6) is 0 Å². The molecule has 0 saturated carbocycles. The van der Waals surface area contributed by atoms with Gasteiger partial charge in [-0.3, -0.25) is 0 Å². The van der Waals surface area contributed by atoms with E-state index in [0.717, 1.165) is 11.3 Å². The minimum absolute atomic E-state index is 0. The van der Waals surface area contributed by atoms with Gasteiger partial charge in [0.1, 0.15) is 0 Å². The van der Waals surface area contributed by atoms with Crippen LogP contribution in [0.25, 0.3) is 0 Å². The van der Waals surface area contributed by atoms with Crippen LogP contribution in [-0.2, 0) is 16.4 Å². The Balaban J connectivity index is 0.00000361. The van der Waals surface area contributed by atoms with Gasteiger partial charge in [0.25, 0.3) is 0 Å². The van der Waals surface area contributed by atoms with Gasteiger partial charge in [-0.2, -0.15) is 0 Å². The zero-order valence-electron chi connectivity index (χ0n) is 12.3. The molecule has 4 nitrogen and oxygen atoms in total. The Kier molecular flexibility index (Phi) is 8.28. The number of aryl methyl sites for hydroxylation is 1. The average molecular weight is 341 g/mol. The number of nitrogens with two attached hydrogens (primary N) is 1. The number of thiophene rings is 1. The van der Waals surface area contributed by atoms with Crippen molar-refractivity contribution in [2.45, 2.75) is 39.2 Å². The number of hydrogen-bond acceptors (Lipinski definition) is 4. The average Bonchev–Trinajstić information content (AvgIpc) is 2.77. The Bertz CT molecular complexity index is 475. The molecule has 0 fully saturated rings. The Morgan fingerprint density at radius 2 is 2.10 bits per heavy atom. The van der Waals surface area contributed by atoms with Crippen LogP contribution in [0.4, 0.5) is 0 Å². The molecule has 1 atom stereocenters. The van der Waals surface area contributed by atoms with Gasteiger partial charge < -0.3 is 5.73 Å². The first-order chi connectivity index (χ1) is 8.76. The van der Waals surface area contributed by atoms with E-state index in [4.69, 9.17) is 5.73 Å². The van der Waals surface area contributed by atoms with E-state index in [1.54, 1.807) is 11.3 Å². The molecule has 7 heteroatoms. The molecule has 0 aliphatic carbocycles. The lowest BCUT2D eigenvalue weighted by Gasteiger charge is -2.30. The summed E-state index contributed by atoms with van der Waals surface area (Å²) >= 11 is 1.58. The van der Waals surface area contributed by atoms with Gasteiger partial charge in [-0.25, -0.2) is 13.1 Å². The van der Waals surface area contributed by atoms with E-state index < -0.39 is 15.6 Å². The maximum Gasteiger partial charge on any atom is 0.212 e. The molecule has 1 aromatic rings. The van der Waals surface area contributed by atoms with Gasteiger partial charge in [0, 0.05) is 17.0 Å². The Hall–Kier alpha value is -0.140. The lowest BCUT2D eigenvalue weighted by atomic mass is 9.92. The fraction of sp³-hybridized carbons (Fsp3) is 0.692. The van der Waals surface area contributed by atoms with Crippen LogP contribution in [-0.4, -0.2) is 26.3 Å². The normalized spacial score (nSPS) is 14.8. The second-order valence-corrected chi connectivity index (χ2v) is 8.49. The zero-order chi connectivity index (χ0) is 14.5. The second kappa shape index (κ2) is 8.34. The number of sulfonamides is 1. The topological polar surface area (TPSA) is 72.2 Å². The van der Waals surface area contributed by atoms with Gasteiger partial charge >= 0.3 is 0 Å². The van der Waals surface area contributed by atoms with E-state index in [1.165, 1.54) is 0 Å². The van der Waals surface area contributed by atoms with Crippen LogP contribution < -0.4 is 10.5 Å². The summed E-state index contributed by atoms with van der Waals surface area (Å²) in [6.45, 7) is 6.31. The van der Waals surface area contributed by atoms with Crippen molar-refractivity contribution in [2.75, 3.05) is 12.3 Å². The molecular formula is C13H25ClN2O2S2. The third-order valence-corrected chi connectivity index (χ3v) is 5.39. The lowest BCUT2D eigenvalue weighted by molar-refractivity contribution is 0.344. The minimum Gasteiger partial charge on any atom is -0.329 e. The van der Waals surface area contributed by atoms with Crippen molar-refractivity contribution >= 4 is 33.8 Å². The molecule has 1 unspecified atom stereocenters. The lowest BCUT2D eigenvalue weighted by Crippen LogP contribution is -2.52. The SMILES string of the molecule is CC(C)CC(C)(CN)NS(=O)(=O)CCc1cccs1.Cl. The van der Waals surface area contributed by atoms with Gasteiger partial charge in [0.15, 0.2) is 0 Å².